The van der Waals surface area contributed by atoms with Crippen LogP contribution in [0.5, 0.6) is 0 Å². The third kappa shape index (κ3) is 5.29. The molecule has 0 atom stereocenters. The molecule has 0 unspecified atom stereocenters. The summed E-state index contributed by atoms with van der Waals surface area (Å²) < 4.78 is 29.8. The Balaban J connectivity index is 1.65. The van der Waals surface area contributed by atoms with Crippen LogP contribution in [0.1, 0.15) is 58.5 Å². The van der Waals surface area contributed by atoms with Gasteiger partial charge in [-0.05, 0) is 56.7 Å². The smallest absolute Gasteiger partial charge is 0.341 e. The van der Waals surface area contributed by atoms with Crippen LogP contribution in [0.15, 0.2) is 29.2 Å². The molecular formula is C22H27NO5S2. The Morgan fingerprint density at radius 3 is 2.50 bits per heavy atom. The molecule has 1 N–H and O–H groups in total. The number of carbonyl (C=O) groups is 2. The lowest BCUT2D eigenvalue weighted by atomic mass is 10.1. The number of nitrogens with one attached hydrogen (secondary N) is 1. The Kier molecular flexibility index (Phi) is 7.31. The van der Waals surface area contributed by atoms with Gasteiger partial charge in [0.15, 0.2) is 9.84 Å². The van der Waals surface area contributed by atoms with Gasteiger partial charge in [0.05, 0.1) is 23.3 Å². The van der Waals surface area contributed by atoms with Crippen LogP contribution < -0.4 is 5.32 Å². The Hall–Kier alpha value is -2.19. The summed E-state index contributed by atoms with van der Waals surface area (Å²) in [6, 6.07) is 6.70. The largest absolute Gasteiger partial charge is 0.465 e. The number of carbonyl (C=O) groups excluding carboxylic acids is 2. The number of methoxy groups -OCH3 is 1. The van der Waals surface area contributed by atoms with Crippen molar-refractivity contribution in [3.63, 3.8) is 0 Å². The van der Waals surface area contributed by atoms with Crippen molar-refractivity contribution >= 4 is 38.1 Å². The minimum Gasteiger partial charge on any atom is -0.465 e. The topological polar surface area (TPSA) is 89.5 Å². The fourth-order valence-electron chi connectivity index (χ4n) is 3.62. The first kappa shape index (κ1) is 22.5. The van der Waals surface area contributed by atoms with E-state index in [1.807, 2.05) is 6.92 Å². The van der Waals surface area contributed by atoms with Crippen molar-refractivity contribution in [1.29, 1.82) is 0 Å². The number of fused-ring (bicyclic) bond motifs is 1. The van der Waals surface area contributed by atoms with Gasteiger partial charge >= 0.3 is 5.97 Å². The zero-order valence-electron chi connectivity index (χ0n) is 17.3. The highest BCUT2D eigenvalue weighted by Crippen LogP contribution is 2.38. The molecule has 3 rings (SSSR count). The number of ether oxygens (including phenoxy) is 1. The summed E-state index contributed by atoms with van der Waals surface area (Å²) >= 11 is 1.43. The summed E-state index contributed by atoms with van der Waals surface area (Å²) in [5.41, 5.74) is 2.44. The van der Waals surface area contributed by atoms with Gasteiger partial charge in [0, 0.05) is 11.3 Å². The molecule has 0 bridgehead atoms. The maximum Gasteiger partial charge on any atom is 0.341 e. The van der Waals surface area contributed by atoms with Crippen LogP contribution in [-0.4, -0.2) is 33.2 Å². The quantitative estimate of drug-likeness (QED) is 0.503. The Labute approximate surface area is 181 Å². The second kappa shape index (κ2) is 9.75. The van der Waals surface area contributed by atoms with E-state index in [4.69, 9.17) is 4.74 Å². The minimum atomic E-state index is -3.43. The lowest BCUT2D eigenvalue weighted by molar-refractivity contribution is -0.116. The summed E-state index contributed by atoms with van der Waals surface area (Å²) in [6.45, 7) is 1.90. The Morgan fingerprint density at radius 2 is 1.80 bits per heavy atom. The minimum absolute atomic E-state index is 0.0638. The number of hydrogen-bond donors (Lipinski definition) is 1. The van der Waals surface area contributed by atoms with Gasteiger partial charge < -0.3 is 10.1 Å². The lowest BCUT2D eigenvalue weighted by Gasteiger charge is -2.08. The summed E-state index contributed by atoms with van der Waals surface area (Å²) in [7, 11) is -2.09. The highest BCUT2D eigenvalue weighted by atomic mass is 32.2. The molecule has 0 saturated carbocycles. The molecule has 1 aromatic carbocycles. The van der Waals surface area contributed by atoms with Crippen LogP contribution in [0.3, 0.4) is 0 Å². The van der Waals surface area contributed by atoms with Crippen molar-refractivity contribution in [3.05, 3.63) is 45.8 Å². The van der Waals surface area contributed by atoms with Gasteiger partial charge in [-0.3, -0.25) is 4.79 Å². The van der Waals surface area contributed by atoms with Crippen LogP contribution in [0.2, 0.25) is 0 Å². The molecule has 1 aromatic heterocycles. The normalized spacial score (nSPS) is 13.9. The first-order chi connectivity index (χ1) is 14.3. The monoisotopic (exact) mass is 449 g/mol. The number of rotatable bonds is 7. The van der Waals surface area contributed by atoms with E-state index in [-0.39, 0.29) is 29.4 Å². The second-order valence-electron chi connectivity index (χ2n) is 7.54. The van der Waals surface area contributed by atoms with Crippen LogP contribution in [0.25, 0.3) is 0 Å². The number of hydrogen-bond acceptors (Lipinski definition) is 6. The van der Waals surface area contributed by atoms with Crippen molar-refractivity contribution in [2.75, 3.05) is 18.2 Å². The summed E-state index contributed by atoms with van der Waals surface area (Å²) in [6.07, 6.45) is 5.18. The summed E-state index contributed by atoms with van der Waals surface area (Å²) in [5.74, 6) is -0.837. The zero-order chi connectivity index (χ0) is 21.7. The maximum atomic E-state index is 12.5. The number of esters is 1. The van der Waals surface area contributed by atoms with E-state index in [0.29, 0.717) is 10.6 Å². The molecule has 1 heterocycles. The lowest BCUT2D eigenvalue weighted by Crippen LogP contribution is -2.16. The molecule has 162 valence electrons. The van der Waals surface area contributed by atoms with Gasteiger partial charge in [-0.2, -0.15) is 0 Å². The molecule has 30 heavy (non-hydrogen) atoms. The first-order valence-corrected chi connectivity index (χ1v) is 12.6. The van der Waals surface area contributed by atoms with Crippen molar-refractivity contribution in [2.45, 2.75) is 56.8 Å². The maximum absolute atomic E-state index is 12.5. The van der Waals surface area contributed by atoms with Crippen molar-refractivity contribution in [1.82, 2.24) is 0 Å². The molecule has 1 aliphatic carbocycles. The SMILES string of the molecule is COC(=O)c1c(NC(=O)CCCS(=O)(=O)c2ccc(C)cc2)sc2c1CCCCC2. The standard InChI is InChI=1S/C22H27NO5S2/c1-15-10-12-16(13-11-15)30(26,27)14-6-9-19(24)23-21-20(22(25)28-2)17-7-4-3-5-8-18(17)29-21/h10-13H,3-9,14H2,1-2H3,(H,23,24). The van der Waals surface area contributed by atoms with Gasteiger partial charge in [-0.1, -0.05) is 24.1 Å². The van der Waals surface area contributed by atoms with Gasteiger partial charge in [0.1, 0.15) is 5.00 Å². The fourth-order valence-corrected chi connectivity index (χ4v) is 6.23. The number of anilines is 1. The molecular weight excluding hydrogens is 422 g/mol. The van der Waals surface area contributed by atoms with E-state index in [9.17, 15) is 18.0 Å². The molecule has 1 aliphatic rings. The van der Waals surface area contributed by atoms with Gasteiger partial charge in [-0.15, -0.1) is 11.3 Å². The predicted octanol–water partition coefficient (Wildman–Crippen LogP) is 4.30. The molecule has 8 heteroatoms. The van der Waals surface area contributed by atoms with E-state index in [1.54, 1.807) is 24.3 Å². The highest BCUT2D eigenvalue weighted by molar-refractivity contribution is 7.91. The second-order valence-corrected chi connectivity index (χ2v) is 10.8. The van der Waals surface area contributed by atoms with Crippen LogP contribution >= 0.6 is 11.3 Å². The number of amides is 1. The average Bonchev–Trinajstić information content (AvgIpc) is 2.88. The third-order valence-electron chi connectivity index (χ3n) is 5.26. The summed E-state index contributed by atoms with van der Waals surface area (Å²) in [5, 5.41) is 3.33. The van der Waals surface area contributed by atoms with Crippen LogP contribution in [0, 0.1) is 6.92 Å². The molecule has 2 aromatic rings. The number of thiophene rings is 1. The molecule has 0 spiro atoms. The number of aryl methyl sites for hydroxylation is 2. The molecule has 0 fully saturated rings. The number of sulfone groups is 1. The van der Waals surface area contributed by atoms with E-state index < -0.39 is 15.8 Å². The highest BCUT2D eigenvalue weighted by Gasteiger charge is 2.26. The summed E-state index contributed by atoms with van der Waals surface area (Å²) in [4.78, 5) is 26.2. The molecule has 0 saturated heterocycles. The predicted molar refractivity (Wildman–Crippen MR) is 118 cm³/mol. The van der Waals surface area contributed by atoms with Crippen LogP contribution in [0.4, 0.5) is 5.00 Å². The fraction of sp³-hybridized carbons (Fsp3) is 0.455. The van der Waals surface area contributed by atoms with Gasteiger partial charge in [0.2, 0.25) is 5.91 Å². The molecule has 1 amide bonds. The molecule has 0 aliphatic heterocycles. The number of benzene rings is 1. The first-order valence-electron chi connectivity index (χ1n) is 10.1. The molecule has 0 radical (unpaired) electrons. The third-order valence-corrected chi connectivity index (χ3v) is 8.28. The van der Waals surface area contributed by atoms with E-state index in [1.165, 1.54) is 18.4 Å². The molecule has 6 nitrogen and oxygen atoms in total. The van der Waals surface area contributed by atoms with Gasteiger partial charge in [-0.25, -0.2) is 13.2 Å². The van der Waals surface area contributed by atoms with E-state index >= 15 is 0 Å². The van der Waals surface area contributed by atoms with Crippen molar-refractivity contribution in [2.24, 2.45) is 0 Å². The average molecular weight is 450 g/mol. The van der Waals surface area contributed by atoms with E-state index in [2.05, 4.69) is 5.32 Å². The Morgan fingerprint density at radius 1 is 1.10 bits per heavy atom. The van der Waals surface area contributed by atoms with Gasteiger partial charge in [0.25, 0.3) is 0 Å². The van der Waals surface area contributed by atoms with Crippen molar-refractivity contribution in [3.8, 4) is 0 Å². The van der Waals surface area contributed by atoms with E-state index in [0.717, 1.165) is 48.1 Å². The van der Waals surface area contributed by atoms with Crippen LogP contribution in [-0.2, 0) is 32.2 Å². The Bertz CT molecular complexity index is 1020. The van der Waals surface area contributed by atoms with Crippen molar-refractivity contribution < 1.29 is 22.7 Å². The zero-order valence-corrected chi connectivity index (χ0v) is 19.0.